The zero-order chi connectivity index (χ0) is 18.0. The highest BCUT2D eigenvalue weighted by Crippen LogP contribution is 2.35. The van der Waals surface area contributed by atoms with Crippen LogP contribution in [-0.2, 0) is 4.74 Å². The van der Waals surface area contributed by atoms with Gasteiger partial charge < -0.3 is 14.6 Å². The number of rotatable bonds is 3. The maximum atomic E-state index is 11.7. The summed E-state index contributed by atoms with van der Waals surface area (Å²) in [6.07, 6.45) is 0. The van der Waals surface area contributed by atoms with Gasteiger partial charge in [0.25, 0.3) is 0 Å². The molecule has 3 aromatic rings. The molecule has 0 saturated carbocycles. The lowest BCUT2D eigenvalue weighted by Gasteiger charge is -2.11. The predicted octanol–water partition coefficient (Wildman–Crippen LogP) is 4.04. The average molecular weight is 355 g/mol. The van der Waals surface area contributed by atoms with Crippen molar-refractivity contribution in [2.24, 2.45) is 0 Å². The fourth-order valence-corrected chi connectivity index (χ4v) is 2.49. The normalized spacial score (nSPS) is 10.3. The molecule has 1 heterocycles. The van der Waals surface area contributed by atoms with Crippen LogP contribution in [0.5, 0.6) is 17.2 Å². The van der Waals surface area contributed by atoms with Gasteiger partial charge in [-0.2, -0.15) is 5.26 Å². The third-order valence-corrected chi connectivity index (χ3v) is 3.81. The zero-order valence-corrected chi connectivity index (χ0v) is 13.7. The van der Waals surface area contributed by atoms with Gasteiger partial charge in [-0.3, -0.25) is 0 Å². The summed E-state index contributed by atoms with van der Waals surface area (Å²) in [5.74, 6) is -0.327. The number of esters is 1. The Morgan fingerprint density at radius 2 is 2.00 bits per heavy atom. The van der Waals surface area contributed by atoms with Crippen LogP contribution in [0.1, 0.15) is 16.2 Å². The fraction of sp³-hybridized carbons (Fsp3) is 0.0556. The Morgan fingerprint density at radius 3 is 2.68 bits per heavy atom. The summed E-state index contributed by atoms with van der Waals surface area (Å²) < 4.78 is 10.3. The van der Waals surface area contributed by atoms with Crippen molar-refractivity contribution in [1.29, 1.82) is 5.26 Å². The Hall–Kier alpha value is -3.30. The second-order valence-corrected chi connectivity index (χ2v) is 5.41. The number of aromatic nitrogens is 1. The van der Waals surface area contributed by atoms with Crippen LogP contribution in [0.25, 0.3) is 10.8 Å². The SMILES string of the molecule is COC(=O)c1nc(C#N)c2cc(Oc3ccccc3Cl)ccc2c1O. The van der Waals surface area contributed by atoms with Crippen molar-refractivity contribution in [1.82, 2.24) is 4.98 Å². The number of benzene rings is 2. The number of carbonyl (C=O) groups is 1. The average Bonchev–Trinajstić information content (AvgIpc) is 2.63. The molecule has 25 heavy (non-hydrogen) atoms. The minimum absolute atomic E-state index is 0.0298. The van der Waals surface area contributed by atoms with E-state index in [0.29, 0.717) is 27.3 Å². The Balaban J connectivity index is 2.13. The van der Waals surface area contributed by atoms with Crippen LogP contribution < -0.4 is 4.74 Å². The van der Waals surface area contributed by atoms with E-state index in [2.05, 4.69) is 9.72 Å². The van der Waals surface area contributed by atoms with Gasteiger partial charge in [0, 0.05) is 10.8 Å². The number of carbonyl (C=O) groups excluding carboxylic acids is 1. The highest BCUT2D eigenvalue weighted by Gasteiger charge is 2.20. The van der Waals surface area contributed by atoms with Crippen LogP contribution in [-0.4, -0.2) is 23.2 Å². The molecule has 0 radical (unpaired) electrons. The van der Waals surface area contributed by atoms with Crippen LogP contribution in [0.3, 0.4) is 0 Å². The van der Waals surface area contributed by atoms with E-state index in [1.165, 1.54) is 13.2 Å². The second kappa shape index (κ2) is 6.67. The van der Waals surface area contributed by atoms with E-state index < -0.39 is 5.97 Å². The molecule has 0 aliphatic carbocycles. The van der Waals surface area contributed by atoms with Gasteiger partial charge >= 0.3 is 5.97 Å². The summed E-state index contributed by atoms with van der Waals surface area (Å²) in [5, 5.41) is 20.7. The van der Waals surface area contributed by atoms with Gasteiger partial charge in [-0.15, -0.1) is 0 Å². The molecule has 0 fully saturated rings. The van der Waals surface area contributed by atoms with Crippen molar-refractivity contribution in [2.45, 2.75) is 0 Å². The van der Waals surface area contributed by atoms with Gasteiger partial charge in [0.05, 0.1) is 12.1 Å². The van der Waals surface area contributed by atoms with Crippen LogP contribution in [0.4, 0.5) is 0 Å². The van der Waals surface area contributed by atoms with E-state index >= 15 is 0 Å². The van der Waals surface area contributed by atoms with Crippen LogP contribution >= 0.6 is 11.6 Å². The number of nitriles is 1. The molecular weight excluding hydrogens is 344 g/mol. The van der Waals surface area contributed by atoms with Gasteiger partial charge in [0.2, 0.25) is 0 Å². The molecule has 0 aliphatic heterocycles. The van der Waals surface area contributed by atoms with Crippen LogP contribution in [0.15, 0.2) is 42.5 Å². The van der Waals surface area contributed by atoms with Crippen molar-refractivity contribution in [3.8, 4) is 23.3 Å². The van der Waals surface area contributed by atoms with Gasteiger partial charge in [0.1, 0.15) is 23.3 Å². The third-order valence-electron chi connectivity index (χ3n) is 3.50. The Kier molecular flexibility index (Phi) is 4.42. The fourth-order valence-electron chi connectivity index (χ4n) is 2.32. The van der Waals surface area contributed by atoms with Gasteiger partial charge in [-0.1, -0.05) is 23.7 Å². The molecule has 0 aliphatic rings. The summed E-state index contributed by atoms with van der Waals surface area (Å²) in [6, 6.07) is 13.5. The lowest BCUT2D eigenvalue weighted by molar-refractivity contribution is 0.0590. The molecule has 0 saturated heterocycles. The number of fused-ring (bicyclic) bond motifs is 1. The molecule has 7 heteroatoms. The number of nitrogens with zero attached hydrogens (tertiary/aromatic N) is 2. The van der Waals surface area contributed by atoms with Crippen molar-refractivity contribution in [3.05, 3.63) is 58.9 Å². The summed E-state index contributed by atoms with van der Waals surface area (Å²) in [4.78, 5) is 15.6. The Labute approximate surface area is 147 Å². The first-order valence-electron chi connectivity index (χ1n) is 7.12. The van der Waals surface area contributed by atoms with Crippen LogP contribution in [0.2, 0.25) is 5.02 Å². The zero-order valence-electron chi connectivity index (χ0n) is 13.0. The van der Waals surface area contributed by atoms with Gasteiger partial charge in [-0.25, -0.2) is 9.78 Å². The molecule has 2 aromatic carbocycles. The maximum absolute atomic E-state index is 11.7. The number of pyridine rings is 1. The maximum Gasteiger partial charge on any atom is 0.360 e. The lowest BCUT2D eigenvalue weighted by Crippen LogP contribution is -2.06. The molecule has 1 N–H and O–H groups in total. The Bertz CT molecular complexity index is 1030. The summed E-state index contributed by atoms with van der Waals surface area (Å²) in [6.45, 7) is 0. The van der Waals surface area contributed by atoms with E-state index in [1.807, 2.05) is 6.07 Å². The molecular formula is C18H11ClN2O4. The first-order chi connectivity index (χ1) is 12.0. The number of halogens is 1. The molecule has 6 nitrogen and oxygen atoms in total. The molecule has 0 bridgehead atoms. The molecule has 124 valence electrons. The molecule has 0 atom stereocenters. The third kappa shape index (κ3) is 3.05. The highest BCUT2D eigenvalue weighted by atomic mass is 35.5. The lowest BCUT2D eigenvalue weighted by atomic mass is 10.1. The Morgan fingerprint density at radius 1 is 1.24 bits per heavy atom. The summed E-state index contributed by atoms with van der Waals surface area (Å²) in [5.41, 5.74) is -0.343. The minimum Gasteiger partial charge on any atom is -0.505 e. The smallest absolute Gasteiger partial charge is 0.360 e. The first-order valence-corrected chi connectivity index (χ1v) is 7.50. The number of hydrogen-bond acceptors (Lipinski definition) is 6. The highest BCUT2D eigenvalue weighted by molar-refractivity contribution is 6.32. The molecule has 0 unspecified atom stereocenters. The van der Waals surface area contributed by atoms with Crippen molar-refractivity contribution < 1.29 is 19.4 Å². The topological polar surface area (TPSA) is 92.4 Å². The minimum atomic E-state index is -0.827. The summed E-state index contributed by atoms with van der Waals surface area (Å²) in [7, 11) is 1.17. The van der Waals surface area contributed by atoms with Crippen LogP contribution in [0, 0.1) is 11.3 Å². The van der Waals surface area contributed by atoms with E-state index in [9.17, 15) is 15.2 Å². The number of hydrogen-bond donors (Lipinski definition) is 1. The number of ether oxygens (including phenoxy) is 2. The molecule has 0 amide bonds. The standard InChI is InChI=1S/C18H11ClN2O4/c1-24-18(23)16-17(22)11-7-6-10(8-12(11)14(9-20)21-16)25-15-5-3-2-4-13(15)19/h2-8,22H,1H3. The first kappa shape index (κ1) is 16.6. The van der Waals surface area contributed by atoms with Crippen molar-refractivity contribution >= 4 is 28.3 Å². The van der Waals surface area contributed by atoms with E-state index in [4.69, 9.17) is 16.3 Å². The van der Waals surface area contributed by atoms with Gasteiger partial charge in [0.15, 0.2) is 11.4 Å². The van der Waals surface area contributed by atoms with Crippen molar-refractivity contribution in [2.75, 3.05) is 7.11 Å². The largest absolute Gasteiger partial charge is 0.505 e. The van der Waals surface area contributed by atoms with E-state index in [1.54, 1.807) is 36.4 Å². The number of aromatic hydroxyl groups is 1. The molecule has 1 aromatic heterocycles. The number of methoxy groups -OCH3 is 1. The molecule has 0 spiro atoms. The van der Waals surface area contributed by atoms with E-state index in [-0.39, 0.29) is 17.1 Å². The van der Waals surface area contributed by atoms with Gasteiger partial charge in [-0.05, 0) is 30.3 Å². The quantitative estimate of drug-likeness (QED) is 0.713. The summed E-state index contributed by atoms with van der Waals surface area (Å²) >= 11 is 6.07. The second-order valence-electron chi connectivity index (χ2n) is 5.00. The number of para-hydroxylation sites is 1. The predicted molar refractivity (Wildman–Crippen MR) is 91.0 cm³/mol. The monoisotopic (exact) mass is 354 g/mol. The van der Waals surface area contributed by atoms with E-state index in [0.717, 1.165) is 0 Å². The van der Waals surface area contributed by atoms with Crippen molar-refractivity contribution in [3.63, 3.8) is 0 Å². The molecule has 3 rings (SSSR count).